The summed E-state index contributed by atoms with van der Waals surface area (Å²) in [6.07, 6.45) is 2.94. The monoisotopic (exact) mass is 376 g/mol. The molecule has 4 nitrogen and oxygen atoms in total. The Morgan fingerprint density at radius 1 is 1.38 bits per heavy atom. The summed E-state index contributed by atoms with van der Waals surface area (Å²) in [4.78, 5) is 18.3. The maximum atomic E-state index is 14.6. The second-order valence-electron chi connectivity index (χ2n) is 7.94. The van der Waals surface area contributed by atoms with E-state index >= 15 is 0 Å². The van der Waals surface area contributed by atoms with E-state index in [0.29, 0.717) is 16.3 Å². The molecule has 0 spiro atoms. The number of rotatable bonds is 3. The van der Waals surface area contributed by atoms with E-state index in [9.17, 15) is 9.18 Å². The molecule has 26 heavy (non-hydrogen) atoms. The SMILES string of the molecule is CC(C)(C)OC(=O)CC1=NC(C)(c2cc(N)ccc2F)C2=C(CCC2)S1. The first-order valence-electron chi connectivity index (χ1n) is 8.85. The van der Waals surface area contributed by atoms with Crippen molar-refractivity contribution in [2.24, 2.45) is 4.99 Å². The van der Waals surface area contributed by atoms with Gasteiger partial charge in [0.2, 0.25) is 0 Å². The van der Waals surface area contributed by atoms with E-state index in [2.05, 4.69) is 0 Å². The smallest absolute Gasteiger partial charge is 0.312 e. The first-order chi connectivity index (χ1) is 12.1. The van der Waals surface area contributed by atoms with Gasteiger partial charge in [-0.1, -0.05) is 11.8 Å². The zero-order valence-corrected chi connectivity index (χ0v) is 16.5. The van der Waals surface area contributed by atoms with Gasteiger partial charge in [-0.2, -0.15) is 0 Å². The molecule has 0 bridgehead atoms. The highest BCUT2D eigenvalue weighted by Gasteiger charge is 2.41. The number of halogens is 1. The largest absolute Gasteiger partial charge is 0.460 e. The molecule has 1 aliphatic heterocycles. The average molecular weight is 376 g/mol. The molecule has 140 valence electrons. The Hall–Kier alpha value is -1.82. The van der Waals surface area contributed by atoms with Crippen LogP contribution in [0.1, 0.15) is 58.9 Å². The summed E-state index contributed by atoms with van der Waals surface area (Å²) >= 11 is 1.54. The van der Waals surface area contributed by atoms with Crippen LogP contribution in [0, 0.1) is 5.82 Å². The molecule has 0 saturated heterocycles. The van der Waals surface area contributed by atoms with Gasteiger partial charge in [0.05, 0.1) is 11.5 Å². The van der Waals surface area contributed by atoms with Crippen molar-refractivity contribution in [2.45, 2.75) is 64.5 Å². The third-order valence-corrected chi connectivity index (χ3v) is 5.74. The highest BCUT2D eigenvalue weighted by molar-refractivity contribution is 8.17. The molecule has 0 saturated carbocycles. The molecular weight excluding hydrogens is 351 g/mol. The van der Waals surface area contributed by atoms with Crippen LogP contribution in [0.4, 0.5) is 10.1 Å². The summed E-state index contributed by atoms with van der Waals surface area (Å²) in [5.74, 6) is -0.645. The van der Waals surface area contributed by atoms with E-state index in [1.807, 2.05) is 27.7 Å². The van der Waals surface area contributed by atoms with Gasteiger partial charge >= 0.3 is 5.97 Å². The van der Waals surface area contributed by atoms with Gasteiger partial charge in [0, 0.05) is 11.3 Å². The molecule has 6 heteroatoms. The van der Waals surface area contributed by atoms with Crippen molar-refractivity contribution in [3.63, 3.8) is 0 Å². The van der Waals surface area contributed by atoms with Gasteiger partial charge in [-0.25, -0.2) is 4.39 Å². The van der Waals surface area contributed by atoms with Gasteiger partial charge in [0.25, 0.3) is 0 Å². The molecule has 2 aliphatic rings. The molecule has 1 heterocycles. The van der Waals surface area contributed by atoms with Gasteiger partial charge in [-0.15, -0.1) is 0 Å². The number of benzene rings is 1. The molecule has 1 unspecified atom stereocenters. The van der Waals surface area contributed by atoms with Crippen LogP contribution in [-0.4, -0.2) is 16.6 Å². The van der Waals surface area contributed by atoms with Gasteiger partial charge in [0.15, 0.2) is 0 Å². The summed E-state index contributed by atoms with van der Waals surface area (Å²) in [5.41, 5.74) is 6.65. The van der Waals surface area contributed by atoms with Crippen molar-refractivity contribution < 1.29 is 13.9 Å². The molecule has 1 aliphatic carbocycles. The topological polar surface area (TPSA) is 64.7 Å². The van der Waals surface area contributed by atoms with Crippen molar-refractivity contribution in [2.75, 3.05) is 5.73 Å². The number of allylic oxidation sites excluding steroid dienone is 1. The Kier molecular flexibility index (Phi) is 4.90. The molecule has 1 aromatic rings. The van der Waals surface area contributed by atoms with E-state index in [0.717, 1.165) is 24.8 Å². The second kappa shape index (κ2) is 6.72. The molecule has 0 radical (unpaired) electrons. The Morgan fingerprint density at radius 2 is 2.12 bits per heavy atom. The van der Waals surface area contributed by atoms with Crippen LogP contribution < -0.4 is 5.73 Å². The number of nitrogens with zero attached hydrogens (tertiary/aromatic N) is 1. The lowest BCUT2D eigenvalue weighted by atomic mass is 9.83. The first kappa shape index (κ1) is 19.0. The Bertz CT molecular complexity index is 811. The molecule has 1 atom stereocenters. The molecule has 0 amide bonds. The van der Waals surface area contributed by atoms with Crippen LogP contribution in [0.25, 0.3) is 0 Å². The van der Waals surface area contributed by atoms with Crippen molar-refractivity contribution in [1.29, 1.82) is 0 Å². The first-order valence-corrected chi connectivity index (χ1v) is 9.66. The van der Waals surface area contributed by atoms with E-state index in [1.54, 1.807) is 12.1 Å². The van der Waals surface area contributed by atoms with Crippen molar-refractivity contribution >= 4 is 28.5 Å². The average Bonchev–Trinajstić information content (AvgIpc) is 2.97. The number of carbonyl (C=O) groups is 1. The van der Waals surface area contributed by atoms with Gasteiger partial charge < -0.3 is 10.5 Å². The fraction of sp³-hybridized carbons (Fsp3) is 0.500. The fourth-order valence-corrected chi connectivity index (χ4v) is 4.91. The van der Waals surface area contributed by atoms with Gasteiger partial charge in [-0.3, -0.25) is 9.79 Å². The number of anilines is 1. The van der Waals surface area contributed by atoms with Crippen LogP contribution in [-0.2, 0) is 15.1 Å². The molecule has 1 aromatic carbocycles. The zero-order chi connectivity index (χ0) is 19.1. The number of nitrogen functional groups attached to an aromatic ring is 1. The van der Waals surface area contributed by atoms with Crippen LogP contribution in [0.15, 0.2) is 33.7 Å². The third-order valence-electron chi connectivity index (χ3n) is 4.57. The van der Waals surface area contributed by atoms with Gasteiger partial charge in [-0.05, 0) is 75.6 Å². The predicted octanol–water partition coefficient (Wildman–Crippen LogP) is 4.94. The van der Waals surface area contributed by atoms with E-state index in [4.69, 9.17) is 15.5 Å². The van der Waals surface area contributed by atoms with E-state index in [1.165, 1.54) is 22.7 Å². The van der Waals surface area contributed by atoms with Crippen LogP contribution >= 0.6 is 11.8 Å². The van der Waals surface area contributed by atoms with Crippen molar-refractivity contribution in [3.8, 4) is 0 Å². The molecule has 3 rings (SSSR count). The lowest BCUT2D eigenvalue weighted by molar-refractivity contribution is -0.153. The highest BCUT2D eigenvalue weighted by Crippen LogP contribution is 2.51. The summed E-state index contributed by atoms with van der Waals surface area (Å²) < 4.78 is 20.0. The summed E-state index contributed by atoms with van der Waals surface area (Å²) in [7, 11) is 0. The normalized spacial score (nSPS) is 22.9. The van der Waals surface area contributed by atoms with Crippen molar-refractivity contribution in [1.82, 2.24) is 0 Å². The highest BCUT2D eigenvalue weighted by atomic mass is 32.2. The maximum Gasteiger partial charge on any atom is 0.312 e. The summed E-state index contributed by atoms with van der Waals surface area (Å²) in [6.45, 7) is 7.43. The number of hydrogen-bond donors (Lipinski definition) is 1. The number of aliphatic imine (C=N–C) groups is 1. The Morgan fingerprint density at radius 3 is 2.81 bits per heavy atom. The number of ether oxygens (including phenoxy) is 1. The van der Waals surface area contributed by atoms with Gasteiger partial charge in [0.1, 0.15) is 17.0 Å². The molecule has 0 aromatic heterocycles. The maximum absolute atomic E-state index is 14.6. The number of esters is 1. The number of hydrogen-bond acceptors (Lipinski definition) is 5. The molecular formula is C20H25FN2O2S. The van der Waals surface area contributed by atoms with E-state index < -0.39 is 11.1 Å². The minimum atomic E-state index is -0.826. The minimum absolute atomic E-state index is 0.0955. The van der Waals surface area contributed by atoms with Crippen LogP contribution in [0.2, 0.25) is 0 Å². The number of carbonyl (C=O) groups excluding carboxylic acids is 1. The van der Waals surface area contributed by atoms with E-state index in [-0.39, 0.29) is 18.2 Å². The molecule has 2 N–H and O–H groups in total. The minimum Gasteiger partial charge on any atom is -0.460 e. The predicted molar refractivity (Wildman–Crippen MR) is 105 cm³/mol. The quantitative estimate of drug-likeness (QED) is 0.599. The summed E-state index contributed by atoms with van der Waals surface area (Å²) in [5, 5.41) is 0.671. The standard InChI is InChI=1S/C20H25FN2O2S/c1-19(2,3)25-18(24)11-17-23-20(4,13-6-5-7-16(13)26-17)14-10-12(22)8-9-15(14)21/h8-10H,5-7,11,22H2,1-4H3. The third kappa shape index (κ3) is 3.80. The van der Waals surface area contributed by atoms with Crippen LogP contribution in [0.5, 0.6) is 0 Å². The fourth-order valence-electron chi connectivity index (χ4n) is 3.54. The Labute approximate surface area is 158 Å². The Balaban J connectivity index is 1.98. The molecule has 0 fully saturated rings. The number of thioether (sulfide) groups is 1. The number of nitrogens with two attached hydrogens (primary N) is 1. The summed E-state index contributed by atoms with van der Waals surface area (Å²) in [6, 6.07) is 4.59. The van der Waals surface area contributed by atoms with Crippen LogP contribution in [0.3, 0.4) is 0 Å². The van der Waals surface area contributed by atoms with Crippen molar-refractivity contribution in [3.05, 3.63) is 40.1 Å². The lowest BCUT2D eigenvalue weighted by Crippen LogP contribution is -2.30. The second-order valence-corrected chi connectivity index (χ2v) is 9.11. The zero-order valence-electron chi connectivity index (χ0n) is 15.7. The lowest BCUT2D eigenvalue weighted by Gasteiger charge is -2.34.